The molecule has 2 heterocycles. The van der Waals surface area contributed by atoms with E-state index in [4.69, 9.17) is 0 Å². The summed E-state index contributed by atoms with van der Waals surface area (Å²) in [6.45, 7) is 0. The molecule has 9 aromatic carbocycles. The fraction of sp³-hybridized carbons (Fsp3) is 0. The van der Waals surface area contributed by atoms with Gasteiger partial charge in [-0.15, -0.1) is 0 Å². The molecule has 0 fully saturated rings. The van der Waals surface area contributed by atoms with E-state index in [1.54, 1.807) is 0 Å². The second-order valence-electron chi connectivity index (χ2n) is 14.5. The van der Waals surface area contributed by atoms with Gasteiger partial charge in [-0.1, -0.05) is 158 Å². The molecule has 0 spiro atoms. The summed E-state index contributed by atoms with van der Waals surface area (Å²) in [5.41, 5.74) is 15.0. The van der Waals surface area contributed by atoms with Crippen LogP contribution in [0, 0.1) is 0 Å². The Morgan fingerprint density at radius 3 is 1.47 bits per heavy atom. The molecule has 0 amide bonds. The van der Waals surface area contributed by atoms with E-state index in [1.807, 2.05) is 0 Å². The largest absolute Gasteiger partial charge is 0.309 e. The smallest absolute Gasteiger partial charge is 0.0562 e. The predicted molar refractivity (Wildman–Crippen MR) is 241 cm³/mol. The molecule has 2 aromatic heterocycles. The van der Waals surface area contributed by atoms with Gasteiger partial charge < -0.3 is 14.0 Å². The third-order valence-electron chi connectivity index (χ3n) is 11.3. The zero-order valence-corrected chi connectivity index (χ0v) is 31.2. The summed E-state index contributed by atoms with van der Waals surface area (Å²) in [6, 6.07) is 81.1. The number of benzene rings is 9. The van der Waals surface area contributed by atoms with Gasteiger partial charge in [0.25, 0.3) is 0 Å². The van der Waals surface area contributed by atoms with Gasteiger partial charge in [0.1, 0.15) is 0 Å². The molecule has 0 unspecified atom stereocenters. The average molecular weight is 728 g/mol. The Kier molecular flexibility index (Phi) is 7.82. The van der Waals surface area contributed by atoms with E-state index >= 15 is 0 Å². The molecule has 0 aliphatic rings. The highest BCUT2D eigenvalue weighted by Gasteiger charge is 2.25. The van der Waals surface area contributed by atoms with Crippen molar-refractivity contribution in [1.29, 1.82) is 0 Å². The first-order valence-corrected chi connectivity index (χ1v) is 19.5. The Bertz CT molecular complexity index is 3220. The predicted octanol–water partition coefficient (Wildman–Crippen LogP) is 14.7. The molecule has 0 aliphatic heterocycles. The van der Waals surface area contributed by atoms with Crippen molar-refractivity contribution in [3.63, 3.8) is 0 Å². The summed E-state index contributed by atoms with van der Waals surface area (Å²) >= 11 is 0. The molecule has 11 rings (SSSR count). The van der Waals surface area contributed by atoms with Crippen molar-refractivity contribution in [2.24, 2.45) is 0 Å². The molecular weight excluding hydrogens is 691 g/mol. The van der Waals surface area contributed by atoms with Crippen molar-refractivity contribution in [3.8, 4) is 33.6 Å². The Morgan fingerprint density at radius 1 is 0.298 bits per heavy atom. The standard InChI is InChI=1S/C54H37N3/c1-5-19-38(20-6-1)43-27-13-15-30-47(43)57(51-34-18-33-50-54(51)45-28-14-16-31-48(45)55(50)40-23-9-3-10-24-40)42-35-36-46-52(37-42)56(41-25-11-4-12-26-41)49-32-17-29-44(53(46)49)39-21-7-2-8-22-39/h1-37H. The Morgan fingerprint density at radius 2 is 0.772 bits per heavy atom. The van der Waals surface area contributed by atoms with Crippen molar-refractivity contribution < 1.29 is 0 Å². The highest BCUT2D eigenvalue weighted by atomic mass is 15.2. The summed E-state index contributed by atoms with van der Waals surface area (Å²) in [4.78, 5) is 2.48. The van der Waals surface area contributed by atoms with Crippen LogP contribution in [0.2, 0.25) is 0 Å². The van der Waals surface area contributed by atoms with Gasteiger partial charge in [-0.2, -0.15) is 0 Å². The van der Waals surface area contributed by atoms with Crippen molar-refractivity contribution >= 4 is 60.7 Å². The van der Waals surface area contributed by atoms with Gasteiger partial charge in [0.15, 0.2) is 0 Å². The van der Waals surface area contributed by atoms with Crippen LogP contribution in [0.25, 0.3) is 77.2 Å². The molecular formula is C54H37N3. The highest BCUT2D eigenvalue weighted by Crippen LogP contribution is 2.48. The van der Waals surface area contributed by atoms with Crippen LogP contribution in [0.15, 0.2) is 224 Å². The number of para-hydroxylation sites is 4. The molecule has 57 heavy (non-hydrogen) atoms. The van der Waals surface area contributed by atoms with Crippen molar-refractivity contribution in [3.05, 3.63) is 224 Å². The van der Waals surface area contributed by atoms with E-state index in [9.17, 15) is 0 Å². The molecule has 0 bridgehead atoms. The van der Waals surface area contributed by atoms with Crippen LogP contribution >= 0.6 is 0 Å². The lowest BCUT2D eigenvalue weighted by Crippen LogP contribution is -2.12. The fourth-order valence-electron chi connectivity index (χ4n) is 8.89. The lowest BCUT2D eigenvalue weighted by Gasteiger charge is -2.29. The number of nitrogens with zero attached hydrogens (tertiary/aromatic N) is 3. The first-order valence-electron chi connectivity index (χ1n) is 19.5. The number of hydrogen-bond donors (Lipinski definition) is 0. The number of hydrogen-bond acceptors (Lipinski definition) is 1. The van der Waals surface area contributed by atoms with Crippen LogP contribution in [0.1, 0.15) is 0 Å². The van der Waals surface area contributed by atoms with Gasteiger partial charge in [0, 0.05) is 44.2 Å². The maximum absolute atomic E-state index is 2.48. The molecule has 268 valence electrons. The molecule has 0 N–H and O–H groups in total. The quantitative estimate of drug-likeness (QED) is 0.159. The molecule has 0 aliphatic carbocycles. The van der Waals surface area contributed by atoms with Crippen LogP contribution in [-0.2, 0) is 0 Å². The van der Waals surface area contributed by atoms with Crippen LogP contribution in [-0.4, -0.2) is 9.13 Å². The third kappa shape index (κ3) is 5.36. The van der Waals surface area contributed by atoms with Gasteiger partial charge in [0.05, 0.1) is 33.4 Å². The number of rotatable bonds is 7. The summed E-state index contributed by atoms with van der Waals surface area (Å²) in [5.74, 6) is 0. The summed E-state index contributed by atoms with van der Waals surface area (Å²) in [5, 5.41) is 4.88. The Balaban J connectivity index is 1.25. The molecule has 0 radical (unpaired) electrons. The van der Waals surface area contributed by atoms with E-state index < -0.39 is 0 Å². The second kappa shape index (κ2) is 13.6. The molecule has 3 nitrogen and oxygen atoms in total. The zero-order valence-electron chi connectivity index (χ0n) is 31.2. The van der Waals surface area contributed by atoms with Gasteiger partial charge in [-0.05, 0) is 83.4 Å². The minimum absolute atomic E-state index is 1.08. The van der Waals surface area contributed by atoms with E-state index in [0.717, 1.165) is 45.0 Å². The van der Waals surface area contributed by atoms with E-state index in [2.05, 4.69) is 238 Å². The van der Waals surface area contributed by atoms with Crippen LogP contribution in [0.3, 0.4) is 0 Å². The first kappa shape index (κ1) is 32.8. The fourth-order valence-corrected chi connectivity index (χ4v) is 8.89. The van der Waals surface area contributed by atoms with Crippen LogP contribution < -0.4 is 4.90 Å². The SMILES string of the molecule is c1ccc(-c2ccccc2N(c2ccc3c4c(-c5ccccc5)cccc4n(-c4ccccc4)c3c2)c2cccc3c2c2ccccc2n3-c2ccccc2)cc1. The lowest BCUT2D eigenvalue weighted by atomic mass is 9.99. The zero-order chi connectivity index (χ0) is 37.7. The number of aromatic nitrogens is 2. The molecule has 11 aromatic rings. The van der Waals surface area contributed by atoms with E-state index in [1.165, 1.54) is 49.3 Å². The minimum Gasteiger partial charge on any atom is -0.309 e. The summed E-state index contributed by atoms with van der Waals surface area (Å²) in [7, 11) is 0. The number of anilines is 3. The maximum Gasteiger partial charge on any atom is 0.0562 e. The third-order valence-corrected chi connectivity index (χ3v) is 11.3. The first-order chi connectivity index (χ1) is 28.3. The maximum atomic E-state index is 2.48. The highest BCUT2D eigenvalue weighted by molar-refractivity contribution is 6.19. The normalized spacial score (nSPS) is 11.5. The average Bonchev–Trinajstić information content (AvgIpc) is 3.81. The van der Waals surface area contributed by atoms with Gasteiger partial charge in [0.2, 0.25) is 0 Å². The Hall–Kier alpha value is -7.62. The van der Waals surface area contributed by atoms with Crippen molar-refractivity contribution in [1.82, 2.24) is 9.13 Å². The molecule has 0 atom stereocenters. The number of fused-ring (bicyclic) bond motifs is 6. The van der Waals surface area contributed by atoms with Gasteiger partial charge in [-0.25, -0.2) is 0 Å². The molecule has 0 saturated carbocycles. The van der Waals surface area contributed by atoms with Crippen LogP contribution in [0.4, 0.5) is 17.1 Å². The molecule has 3 heteroatoms. The summed E-state index contributed by atoms with van der Waals surface area (Å²) < 4.78 is 4.83. The lowest BCUT2D eigenvalue weighted by molar-refractivity contribution is 1.17. The van der Waals surface area contributed by atoms with E-state index in [0.29, 0.717) is 0 Å². The van der Waals surface area contributed by atoms with E-state index in [-0.39, 0.29) is 0 Å². The molecule has 0 saturated heterocycles. The summed E-state index contributed by atoms with van der Waals surface area (Å²) in [6.07, 6.45) is 0. The Labute approximate surface area is 331 Å². The van der Waals surface area contributed by atoms with Gasteiger partial charge in [-0.3, -0.25) is 0 Å². The monoisotopic (exact) mass is 727 g/mol. The van der Waals surface area contributed by atoms with Crippen LogP contribution in [0.5, 0.6) is 0 Å². The van der Waals surface area contributed by atoms with Gasteiger partial charge >= 0.3 is 0 Å². The van der Waals surface area contributed by atoms with Crippen molar-refractivity contribution in [2.75, 3.05) is 4.90 Å². The van der Waals surface area contributed by atoms with Crippen molar-refractivity contribution in [2.45, 2.75) is 0 Å². The second-order valence-corrected chi connectivity index (χ2v) is 14.5. The minimum atomic E-state index is 1.08. The topological polar surface area (TPSA) is 13.1 Å².